The van der Waals surface area contributed by atoms with Crippen LogP contribution in [0.1, 0.15) is 90.2 Å². The molecule has 4 fully saturated rings. The average Bonchev–Trinajstić information content (AvgIpc) is 3.23. The number of hydrogen-bond donors (Lipinski definition) is 1. The van der Waals surface area contributed by atoms with Gasteiger partial charge in [-0.2, -0.15) is 0 Å². The maximum absolute atomic E-state index is 14.2. The van der Waals surface area contributed by atoms with E-state index >= 15 is 0 Å². The first kappa shape index (κ1) is 27.1. The molecule has 2 unspecified atom stereocenters. The third-order valence-electron chi connectivity index (χ3n) is 9.72. The Bertz CT molecular complexity index is 1060. The third-order valence-corrected chi connectivity index (χ3v) is 9.72. The first-order valence-electron chi connectivity index (χ1n) is 14.5. The van der Waals surface area contributed by atoms with Crippen LogP contribution in [-0.4, -0.2) is 69.8 Å². The van der Waals surface area contributed by atoms with E-state index < -0.39 is 5.54 Å². The number of piperidine rings is 1. The molecule has 38 heavy (non-hydrogen) atoms. The van der Waals surface area contributed by atoms with E-state index in [0.717, 1.165) is 50.6 Å². The number of urea groups is 1. The number of nitrogens with one attached hydrogen (secondary N) is 1. The molecule has 208 valence electrons. The first-order chi connectivity index (χ1) is 18.1. The second kappa shape index (κ2) is 10.6. The maximum atomic E-state index is 14.2. The fourth-order valence-corrected chi connectivity index (χ4v) is 7.75. The van der Waals surface area contributed by atoms with Crippen LogP contribution in [0, 0.1) is 17.7 Å². The molecule has 4 amide bonds. The van der Waals surface area contributed by atoms with Crippen molar-refractivity contribution in [1.29, 1.82) is 0 Å². The number of rotatable bonds is 7. The second-order valence-corrected chi connectivity index (χ2v) is 12.5. The Labute approximate surface area is 226 Å². The quantitative estimate of drug-likeness (QED) is 0.515. The van der Waals surface area contributed by atoms with Crippen LogP contribution in [0.3, 0.4) is 0 Å². The summed E-state index contributed by atoms with van der Waals surface area (Å²) in [5.74, 6) is 0.412. The predicted octanol–water partition coefficient (Wildman–Crippen LogP) is 4.87. The molecule has 1 aromatic carbocycles. The monoisotopic (exact) mass is 526 g/mol. The Balaban J connectivity index is 1.30. The average molecular weight is 527 g/mol. The topological polar surface area (TPSA) is 73.0 Å². The molecule has 1 aromatic rings. The van der Waals surface area contributed by atoms with Crippen molar-refractivity contribution in [3.8, 4) is 0 Å². The number of fused-ring (bicyclic) bond motifs is 2. The van der Waals surface area contributed by atoms with Gasteiger partial charge in [0, 0.05) is 37.6 Å². The highest BCUT2D eigenvalue weighted by Crippen LogP contribution is 2.48. The first-order valence-corrected chi connectivity index (χ1v) is 14.5. The van der Waals surface area contributed by atoms with E-state index in [-0.39, 0.29) is 53.7 Å². The van der Waals surface area contributed by atoms with Gasteiger partial charge in [0.2, 0.25) is 5.91 Å². The molecule has 4 aliphatic rings. The van der Waals surface area contributed by atoms with Gasteiger partial charge in [0.05, 0.1) is 6.04 Å². The smallest absolute Gasteiger partial charge is 0.327 e. The van der Waals surface area contributed by atoms with Crippen LogP contribution < -0.4 is 5.32 Å². The summed E-state index contributed by atoms with van der Waals surface area (Å²) in [5, 5.41) is 3.28. The summed E-state index contributed by atoms with van der Waals surface area (Å²) in [6.07, 6.45) is 7.95. The third kappa shape index (κ3) is 4.85. The minimum absolute atomic E-state index is 0.0261. The van der Waals surface area contributed by atoms with E-state index in [1.807, 2.05) is 24.8 Å². The number of amides is 4. The summed E-state index contributed by atoms with van der Waals surface area (Å²) in [6, 6.07) is 6.50. The molecule has 8 heteroatoms. The molecule has 2 bridgehead atoms. The molecule has 0 aromatic heterocycles. The molecule has 5 rings (SSSR count). The zero-order valence-electron chi connectivity index (χ0n) is 23.3. The molecular formula is C30H43FN4O3. The number of benzene rings is 1. The van der Waals surface area contributed by atoms with Crippen molar-refractivity contribution in [3.63, 3.8) is 0 Å². The Hall–Kier alpha value is -2.48. The van der Waals surface area contributed by atoms with Gasteiger partial charge in [0.25, 0.3) is 5.91 Å². The predicted molar refractivity (Wildman–Crippen MR) is 144 cm³/mol. The van der Waals surface area contributed by atoms with Gasteiger partial charge in [-0.05, 0) is 95.2 Å². The number of hydrogen-bond acceptors (Lipinski definition) is 4. The largest absolute Gasteiger partial charge is 0.349 e. The lowest BCUT2D eigenvalue weighted by Crippen LogP contribution is -2.61. The Morgan fingerprint density at radius 3 is 2.34 bits per heavy atom. The number of carbonyl (C=O) groups excluding carboxylic acids is 3. The maximum Gasteiger partial charge on any atom is 0.327 e. The van der Waals surface area contributed by atoms with Crippen molar-refractivity contribution < 1.29 is 18.8 Å². The van der Waals surface area contributed by atoms with Crippen LogP contribution in [-0.2, 0) is 9.59 Å². The van der Waals surface area contributed by atoms with Crippen molar-refractivity contribution in [2.45, 2.75) is 108 Å². The van der Waals surface area contributed by atoms with Crippen molar-refractivity contribution in [1.82, 2.24) is 20.0 Å². The van der Waals surface area contributed by atoms with Gasteiger partial charge >= 0.3 is 6.03 Å². The normalized spacial score (nSPS) is 32.5. The minimum Gasteiger partial charge on any atom is -0.349 e. The second-order valence-electron chi connectivity index (χ2n) is 12.5. The Morgan fingerprint density at radius 2 is 1.74 bits per heavy atom. The molecule has 3 atom stereocenters. The Kier molecular flexibility index (Phi) is 7.55. The van der Waals surface area contributed by atoms with Crippen molar-refractivity contribution >= 4 is 17.8 Å². The summed E-state index contributed by atoms with van der Waals surface area (Å²) in [6.45, 7) is 6.97. The number of carbonyl (C=O) groups is 3. The molecule has 1 saturated carbocycles. The van der Waals surface area contributed by atoms with Crippen LogP contribution >= 0.6 is 0 Å². The molecule has 7 nitrogen and oxygen atoms in total. The molecule has 0 radical (unpaired) electrons. The fraction of sp³-hybridized carbons (Fsp3) is 0.700. The lowest BCUT2D eigenvalue weighted by atomic mass is 9.80. The van der Waals surface area contributed by atoms with Crippen LogP contribution in [0.15, 0.2) is 24.3 Å². The van der Waals surface area contributed by atoms with Gasteiger partial charge in [-0.1, -0.05) is 19.1 Å². The summed E-state index contributed by atoms with van der Waals surface area (Å²) >= 11 is 0. The van der Waals surface area contributed by atoms with E-state index in [2.05, 4.69) is 17.1 Å². The van der Waals surface area contributed by atoms with Gasteiger partial charge < -0.3 is 10.2 Å². The lowest BCUT2D eigenvalue weighted by Gasteiger charge is -2.48. The number of likely N-dealkylation sites (N-methyl/N-ethyl adjacent to an activating group) is 1. The van der Waals surface area contributed by atoms with E-state index in [4.69, 9.17) is 0 Å². The highest BCUT2D eigenvalue weighted by molar-refractivity contribution is 6.07. The molecule has 1 aliphatic carbocycles. The van der Waals surface area contributed by atoms with Crippen molar-refractivity contribution in [3.05, 3.63) is 35.6 Å². The van der Waals surface area contributed by atoms with E-state index in [1.165, 1.54) is 17.0 Å². The summed E-state index contributed by atoms with van der Waals surface area (Å²) < 4.78 is 14.2. The van der Waals surface area contributed by atoms with Crippen LogP contribution in [0.5, 0.6) is 0 Å². The highest BCUT2D eigenvalue weighted by Gasteiger charge is 2.62. The van der Waals surface area contributed by atoms with Gasteiger partial charge in [-0.3, -0.25) is 19.4 Å². The van der Waals surface area contributed by atoms with Crippen LogP contribution in [0.4, 0.5) is 9.18 Å². The SMILES string of the molecule is CC1CCC(C(=O)N[C@@H](CCN2C3CCC2CC2(C3)C(=O)N(C)C(=O)N2C(C)C)c2cccc(F)c2)CC1. The highest BCUT2D eigenvalue weighted by atomic mass is 19.1. The van der Waals surface area contributed by atoms with Gasteiger partial charge in [-0.25, -0.2) is 9.18 Å². The molecule has 1 spiro atoms. The molecule has 3 saturated heterocycles. The van der Waals surface area contributed by atoms with Crippen LogP contribution in [0.2, 0.25) is 0 Å². The van der Waals surface area contributed by atoms with Crippen LogP contribution in [0.25, 0.3) is 0 Å². The van der Waals surface area contributed by atoms with Crippen molar-refractivity contribution in [2.24, 2.45) is 11.8 Å². The molecule has 3 aliphatic heterocycles. The fourth-order valence-electron chi connectivity index (χ4n) is 7.75. The minimum atomic E-state index is -0.753. The zero-order chi connectivity index (χ0) is 27.2. The lowest BCUT2D eigenvalue weighted by molar-refractivity contribution is -0.137. The number of imide groups is 1. The summed E-state index contributed by atoms with van der Waals surface area (Å²) in [7, 11) is 1.60. The summed E-state index contributed by atoms with van der Waals surface area (Å²) in [4.78, 5) is 45.2. The van der Waals surface area contributed by atoms with Crippen molar-refractivity contribution in [2.75, 3.05) is 13.6 Å². The van der Waals surface area contributed by atoms with Gasteiger partial charge in [-0.15, -0.1) is 0 Å². The van der Waals surface area contributed by atoms with E-state index in [1.54, 1.807) is 13.1 Å². The zero-order valence-corrected chi connectivity index (χ0v) is 23.3. The van der Waals surface area contributed by atoms with E-state index in [0.29, 0.717) is 25.2 Å². The number of nitrogens with zero attached hydrogens (tertiary/aromatic N) is 3. The standard InChI is InChI=1S/C30H43FN4O3/c1-19(2)35-29(38)33(4)28(37)30(35)17-24-12-13-25(18-30)34(24)15-14-26(22-6-5-7-23(31)16-22)32-27(36)21-10-8-20(3)9-11-21/h5-7,16,19-21,24-26H,8-15,17-18H2,1-4H3,(H,32,36)/t20?,21?,24?,25?,26-,30?/m0/s1. The molecule has 3 heterocycles. The molecule has 1 N–H and O–H groups in total. The molecular weight excluding hydrogens is 483 g/mol. The Morgan fingerprint density at radius 1 is 1.08 bits per heavy atom. The van der Waals surface area contributed by atoms with Gasteiger partial charge in [0.1, 0.15) is 11.4 Å². The van der Waals surface area contributed by atoms with Gasteiger partial charge in [0.15, 0.2) is 0 Å². The number of halogens is 1. The van der Waals surface area contributed by atoms with E-state index in [9.17, 15) is 18.8 Å². The summed E-state index contributed by atoms with van der Waals surface area (Å²) in [5.41, 5.74) is 0.0453.